The normalized spacial score (nSPS) is 25.7. The Kier molecular flexibility index (Phi) is 4.38. The van der Waals surface area contributed by atoms with Gasteiger partial charge in [0.2, 0.25) is 0 Å². The van der Waals surface area contributed by atoms with Gasteiger partial charge < -0.3 is 10.1 Å². The minimum Gasteiger partial charge on any atom is -0.478 e. The lowest BCUT2D eigenvalue weighted by Crippen LogP contribution is -2.34. The Morgan fingerprint density at radius 2 is 2.09 bits per heavy atom. The maximum absolute atomic E-state index is 13.0. The monoisotopic (exact) mass is 312 g/mol. The lowest BCUT2D eigenvalue weighted by atomic mass is 9.99. The van der Waals surface area contributed by atoms with Gasteiger partial charge in [-0.15, -0.1) is 0 Å². The van der Waals surface area contributed by atoms with Crippen LogP contribution in [-0.2, 0) is 17.3 Å². The number of halogens is 3. The molecule has 2 aliphatic rings. The fourth-order valence-electron chi connectivity index (χ4n) is 3.06. The summed E-state index contributed by atoms with van der Waals surface area (Å²) >= 11 is 0. The third-order valence-corrected chi connectivity index (χ3v) is 4.16. The Hall–Kier alpha value is -1.56. The highest BCUT2D eigenvalue weighted by Gasteiger charge is 2.34. The van der Waals surface area contributed by atoms with E-state index in [0.717, 1.165) is 32.0 Å². The highest BCUT2D eigenvalue weighted by molar-refractivity contribution is 5.80. The van der Waals surface area contributed by atoms with E-state index in [1.54, 1.807) is 6.07 Å². The van der Waals surface area contributed by atoms with Crippen molar-refractivity contribution in [3.63, 3.8) is 0 Å². The molecule has 1 aromatic carbocycles. The summed E-state index contributed by atoms with van der Waals surface area (Å²) in [6.45, 7) is 2.22. The fraction of sp³-hybridized carbons (Fsp3) is 0.562. The highest BCUT2D eigenvalue weighted by atomic mass is 19.4. The van der Waals surface area contributed by atoms with Crippen molar-refractivity contribution in [2.75, 3.05) is 19.7 Å². The van der Waals surface area contributed by atoms with Crippen molar-refractivity contribution in [2.24, 2.45) is 10.9 Å². The molecule has 0 radical (unpaired) electrons. The van der Waals surface area contributed by atoms with Crippen molar-refractivity contribution in [3.05, 3.63) is 35.4 Å². The smallest absolute Gasteiger partial charge is 0.416 e. The maximum Gasteiger partial charge on any atom is 0.416 e. The molecule has 0 bridgehead atoms. The number of piperidine rings is 1. The molecule has 2 heterocycles. The van der Waals surface area contributed by atoms with E-state index < -0.39 is 11.7 Å². The summed E-state index contributed by atoms with van der Waals surface area (Å²) in [4.78, 5) is 4.52. The van der Waals surface area contributed by atoms with E-state index in [2.05, 4.69) is 10.3 Å². The molecule has 6 heteroatoms. The number of ether oxygens (including phenoxy) is 1. The first-order chi connectivity index (χ1) is 10.5. The molecule has 3 rings (SSSR count). The van der Waals surface area contributed by atoms with Gasteiger partial charge in [0.15, 0.2) is 5.90 Å². The van der Waals surface area contributed by atoms with E-state index >= 15 is 0 Å². The minimum atomic E-state index is -4.32. The van der Waals surface area contributed by atoms with Crippen molar-refractivity contribution >= 4 is 5.90 Å². The molecule has 2 atom stereocenters. The third kappa shape index (κ3) is 3.43. The molecule has 22 heavy (non-hydrogen) atoms. The van der Waals surface area contributed by atoms with Gasteiger partial charge in [-0.1, -0.05) is 18.2 Å². The van der Waals surface area contributed by atoms with Crippen LogP contribution in [0.1, 0.15) is 24.0 Å². The molecule has 0 spiro atoms. The lowest BCUT2D eigenvalue weighted by molar-refractivity contribution is -0.138. The van der Waals surface area contributed by atoms with Gasteiger partial charge in [0, 0.05) is 12.5 Å². The molecule has 0 amide bonds. The topological polar surface area (TPSA) is 33.6 Å². The summed E-state index contributed by atoms with van der Waals surface area (Å²) in [6, 6.07) is 5.48. The van der Waals surface area contributed by atoms with E-state index in [-0.39, 0.29) is 23.9 Å². The standard InChI is InChI=1S/C16H19F3N2O/c17-16(18,19)14-6-2-1-4-11(14)8-13-10-22-15(21-13)12-5-3-7-20-9-12/h1-2,4,6,12-13,20H,3,5,7-10H2. The molecular weight excluding hydrogens is 293 g/mol. The van der Waals surface area contributed by atoms with Crippen molar-refractivity contribution < 1.29 is 17.9 Å². The molecule has 1 N–H and O–H groups in total. The van der Waals surface area contributed by atoms with Crippen LogP contribution >= 0.6 is 0 Å². The third-order valence-electron chi connectivity index (χ3n) is 4.16. The second-order valence-electron chi connectivity index (χ2n) is 5.83. The van der Waals surface area contributed by atoms with Crippen LogP contribution in [-0.4, -0.2) is 31.6 Å². The van der Waals surface area contributed by atoms with Crippen LogP contribution in [0.5, 0.6) is 0 Å². The second-order valence-corrected chi connectivity index (χ2v) is 5.83. The van der Waals surface area contributed by atoms with Gasteiger partial charge in [-0.25, -0.2) is 4.99 Å². The average molecular weight is 312 g/mol. The largest absolute Gasteiger partial charge is 0.478 e. The molecular formula is C16H19F3N2O. The quantitative estimate of drug-likeness (QED) is 0.931. The highest BCUT2D eigenvalue weighted by Crippen LogP contribution is 2.33. The number of hydrogen-bond donors (Lipinski definition) is 1. The first-order valence-electron chi connectivity index (χ1n) is 7.60. The van der Waals surface area contributed by atoms with E-state index in [4.69, 9.17) is 4.74 Å². The number of benzene rings is 1. The number of nitrogens with zero attached hydrogens (tertiary/aromatic N) is 1. The lowest BCUT2D eigenvalue weighted by Gasteiger charge is -2.21. The fourth-order valence-corrected chi connectivity index (χ4v) is 3.06. The van der Waals surface area contributed by atoms with Crippen LogP contribution in [0.25, 0.3) is 0 Å². The summed E-state index contributed by atoms with van der Waals surface area (Å²) in [7, 11) is 0. The van der Waals surface area contributed by atoms with Crippen LogP contribution in [0.2, 0.25) is 0 Å². The molecule has 1 aromatic rings. The second kappa shape index (κ2) is 6.28. The van der Waals surface area contributed by atoms with Crippen LogP contribution < -0.4 is 5.32 Å². The Bertz CT molecular complexity index is 551. The molecule has 120 valence electrons. The van der Waals surface area contributed by atoms with Gasteiger partial charge >= 0.3 is 6.18 Å². The molecule has 0 saturated carbocycles. The summed E-state index contributed by atoms with van der Waals surface area (Å²) in [6.07, 6.45) is -1.96. The van der Waals surface area contributed by atoms with Crippen molar-refractivity contribution in [1.29, 1.82) is 0 Å². The first kappa shape index (κ1) is 15.3. The van der Waals surface area contributed by atoms with Crippen LogP contribution in [0, 0.1) is 5.92 Å². The summed E-state index contributed by atoms with van der Waals surface area (Å²) in [5, 5.41) is 3.30. The molecule has 1 saturated heterocycles. The summed E-state index contributed by atoms with van der Waals surface area (Å²) < 4.78 is 44.7. The van der Waals surface area contributed by atoms with Crippen LogP contribution in [0.3, 0.4) is 0 Å². The van der Waals surface area contributed by atoms with Crippen molar-refractivity contribution in [1.82, 2.24) is 5.32 Å². The van der Waals surface area contributed by atoms with Crippen molar-refractivity contribution in [2.45, 2.75) is 31.5 Å². The van der Waals surface area contributed by atoms with Crippen LogP contribution in [0.15, 0.2) is 29.3 Å². The summed E-state index contributed by atoms with van der Waals surface area (Å²) in [5.41, 5.74) is -0.284. The van der Waals surface area contributed by atoms with Crippen molar-refractivity contribution in [3.8, 4) is 0 Å². The van der Waals surface area contributed by atoms with E-state index in [1.807, 2.05) is 0 Å². The zero-order valence-corrected chi connectivity index (χ0v) is 12.2. The zero-order chi connectivity index (χ0) is 15.6. The van der Waals surface area contributed by atoms with Gasteiger partial charge in [-0.2, -0.15) is 13.2 Å². The van der Waals surface area contributed by atoms with E-state index in [1.165, 1.54) is 12.1 Å². The Balaban J connectivity index is 1.71. The first-order valence-corrected chi connectivity index (χ1v) is 7.60. The van der Waals surface area contributed by atoms with Gasteiger partial charge in [-0.3, -0.25) is 0 Å². The number of nitrogens with one attached hydrogen (secondary N) is 1. The molecule has 1 fully saturated rings. The van der Waals surface area contributed by atoms with Gasteiger partial charge in [-0.05, 0) is 37.4 Å². The predicted octanol–water partition coefficient (Wildman–Crippen LogP) is 3.04. The molecule has 0 aliphatic carbocycles. The number of alkyl halides is 3. The predicted molar refractivity (Wildman–Crippen MR) is 77.9 cm³/mol. The summed E-state index contributed by atoms with van der Waals surface area (Å²) in [5.74, 6) is 0.971. The Morgan fingerprint density at radius 1 is 1.27 bits per heavy atom. The number of hydrogen-bond acceptors (Lipinski definition) is 3. The van der Waals surface area contributed by atoms with Crippen LogP contribution in [0.4, 0.5) is 13.2 Å². The molecule has 3 nitrogen and oxygen atoms in total. The van der Waals surface area contributed by atoms with E-state index in [0.29, 0.717) is 12.5 Å². The molecule has 0 aromatic heterocycles. The molecule has 2 unspecified atom stereocenters. The van der Waals surface area contributed by atoms with E-state index in [9.17, 15) is 13.2 Å². The molecule has 2 aliphatic heterocycles. The number of rotatable bonds is 3. The zero-order valence-electron chi connectivity index (χ0n) is 12.2. The Morgan fingerprint density at radius 3 is 2.82 bits per heavy atom. The Labute approximate surface area is 127 Å². The van der Waals surface area contributed by atoms with Gasteiger partial charge in [0.1, 0.15) is 6.61 Å². The number of aliphatic imine (C=N–C) groups is 1. The van der Waals surface area contributed by atoms with Gasteiger partial charge in [0.25, 0.3) is 0 Å². The maximum atomic E-state index is 13.0. The minimum absolute atomic E-state index is 0.222. The average Bonchev–Trinajstić information content (AvgIpc) is 2.96. The van der Waals surface area contributed by atoms with Gasteiger partial charge in [0.05, 0.1) is 11.6 Å². The SMILES string of the molecule is FC(F)(F)c1ccccc1CC1COC(C2CCCNC2)=N1.